The molecule has 3 unspecified atom stereocenters. The number of rotatable bonds is 5. The third kappa shape index (κ3) is 6.33. The maximum Gasteiger partial charge on any atom is 0.410 e. The van der Waals surface area contributed by atoms with Gasteiger partial charge in [-0.25, -0.2) is 9.18 Å². The summed E-state index contributed by atoms with van der Waals surface area (Å²) in [7, 11) is 0.366. The lowest BCUT2D eigenvalue weighted by Gasteiger charge is -2.43. The van der Waals surface area contributed by atoms with Crippen LogP contribution in [-0.2, 0) is 15.5 Å². The van der Waals surface area contributed by atoms with Gasteiger partial charge >= 0.3 is 6.09 Å². The first-order valence-corrected chi connectivity index (χ1v) is 15.6. The smallest absolute Gasteiger partial charge is 0.410 e. The van der Waals surface area contributed by atoms with Crippen LogP contribution in [0.4, 0.5) is 14.9 Å². The fourth-order valence-corrected chi connectivity index (χ4v) is 7.77. The number of carbonyl (C=O) groups is 2. The van der Waals surface area contributed by atoms with E-state index in [1.807, 2.05) is 39.0 Å². The van der Waals surface area contributed by atoms with Gasteiger partial charge in [-0.2, -0.15) is 0 Å². The summed E-state index contributed by atoms with van der Waals surface area (Å²) < 4.78 is 38.5. The molecule has 8 nitrogen and oxygen atoms in total. The molecule has 0 spiro atoms. The first-order chi connectivity index (χ1) is 19.4. The average molecular weight is 606 g/mol. The Morgan fingerprint density at radius 2 is 1.63 bits per heavy atom. The van der Waals surface area contributed by atoms with E-state index < -0.39 is 22.2 Å². The zero-order valence-electron chi connectivity index (χ0n) is 23.9. The lowest BCUT2D eigenvalue weighted by atomic mass is 10.1. The minimum Gasteiger partial charge on any atom is -0.495 e. The number of benzene rings is 2. The Morgan fingerprint density at radius 1 is 0.976 bits per heavy atom. The van der Waals surface area contributed by atoms with Crippen LogP contribution in [-0.4, -0.2) is 82.2 Å². The van der Waals surface area contributed by atoms with Crippen molar-refractivity contribution in [1.29, 1.82) is 0 Å². The molecule has 3 aliphatic heterocycles. The molecule has 0 saturated carbocycles. The molecule has 3 saturated heterocycles. The Kier molecular flexibility index (Phi) is 8.53. The molecule has 0 N–H and O–H groups in total. The Balaban J connectivity index is 1.29. The third-order valence-corrected chi connectivity index (χ3v) is 10.1. The molecule has 0 aromatic heterocycles. The van der Waals surface area contributed by atoms with Gasteiger partial charge < -0.3 is 24.2 Å². The van der Waals surface area contributed by atoms with Gasteiger partial charge in [-0.1, -0.05) is 11.6 Å². The summed E-state index contributed by atoms with van der Waals surface area (Å²) in [6.45, 7) is 7.56. The van der Waals surface area contributed by atoms with Crippen LogP contribution in [0.1, 0.15) is 56.8 Å². The van der Waals surface area contributed by atoms with E-state index >= 15 is 0 Å². The van der Waals surface area contributed by atoms with Crippen molar-refractivity contribution in [3.8, 4) is 5.75 Å². The molecule has 222 valence electrons. The molecule has 3 fully saturated rings. The Hall–Kier alpha value is -2.85. The summed E-state index contributed by atoms with van der Waals surface area (Å²) in [5.41, 5.74) is 0.625. The zero-order valence-corrected chi connectivity index (χ0v) is 25.5. The number of halogens is 2. The molecule has 2 aromatic rings. The summed E-state index contributed by atoms with van der Waals surface area (Å²) in [5, 5.41) is 0.0418. The number of methoxy groups -OCH3 is 1. The molecule has 3 heterocycles. The summed E-state index contributed by atoms with van der Waals surface area (Å²) >= 11 is 6.19. The topological polar surface area (TPSA) is 79.4 Å². The highest BCUT2D eigenvalue weighted by molar-refractivity contribution is 7.85. The van der Waals surface area contributed by atoms with Gasteiger partial charge in [0.2, 0.25) is 0 Å². The number of piperidine rings is 1. The van der Waals surface area contributed by atoms with Gasteiger partial charge in [0.1, 0.15) is 17.2 Å². The first-order valence-electron chi connectivity index (χ1n) is 14.0. The van der Waals surface area contributed by atoms with E-state index in [-0.39, 0.29) is 34.4 Å². The van der Waals surface area contributed by atoms with Crippen LogP contribution in [0.5, 0.6) is 5.75 Å². The molecular formula is C30H37ClFN3O5S. The van der Waals surface area contributed by atoms with Gasteiger partial charge in [-0.15, -0.1) is 0 Å². The lowest BCUT2D eigenvalue weighted by molar-refractivity contribution is 0.0218. The van der Waals surface area contributed by atoms with Crippen molar-refractivity contribution in [2.24, 2.45) is 0 Å². The fourth-order valence-electron chi connectivity index (χ4n) is 6.06. The number of anilines is 1. The number of carbonyl (C=O) groups excluding carboxylic acids is 2. The molecule has 11 heteroatoms. The highest BCUT2D eigenvalue weighted by atomic mass is 35.5. The van der Waals surface area contributed by atoms with Crippen molar-refractivity contribution in [2.45, 2.75) is 74.3 Å². The van der Waals surface area contributed by atoms with Crippen LogP contribution in [0.15, 0.2) is 41.3 Å². The van der Waals surface area contributed by atoms with Gasteiger partial charge in [0, 0.05) is 48.4 Å². The lowest BCUT2D eigenvalue weighted by Crippen LogP contribution is -2.55. The third-order valence-electron chi connectivity index (χ3n) is 7.99. The number of fused-ring (bicyclic) bond motifs is 2. The van der Waals surface area contributed by atoms with Gasteiger partial charge in [-0.3, -0.25) is 9.00 Å². The fraction of sp³-hybridized carbons (Fsp3) is 0.533. The number of amides is 2. The van der Waals surface area contributed by atoms with Gasteiger partial charge in [0.25, 0.3) is 5.91 Å². The van der Waals surface area contributed by atoms with E-state index in [2.05, 4.69) is 4.90 Å². The molecule has 5 rings (SSSR count). The van der Waals surface area contributed by atoms with Crippen LogP contribution in [0.3, 0.4) is 0 Å². The van der Waals surface area contributed by atoms with Crippen LogP contribution in [0, 0.1) is 5.82 Å². The molecular weight excluding hydrogens is 569 g/mol. The molecule has 0 aliphatic carbocycles. The summed E-state index contributed by atoms with van der Waals surface area (Å²) in [4.78, 5) is 32.3. The first kappa shape index (κ1) is 29.6. The molecule has 2 bridgehead atoms. The number of nitrogens with zero attached hydrogens (tertiary/aromatic N) is 3. The molecule has 3 atom stereocenters. The van der Waals surface area contributed by atoms with Gasteiger partial charge in [0.05, 0.1) is 34.2 Å². The number of ether oxygens (including phenoxy) is 2. The van der Waals surface area contributed by atoms with Crippen molar-refractivity contribution in [3.63, 3.8) is 0 Å². The Labute approximate surface area is 248 Å². The van der Waals surface area contributed by atoms with Crippen LogP contribution >= 0.6 is 11.6 Å². The summed E-state index contributed by atoms with van der Waals surface area (Å²) in [6.07, 6.45) is 2.75. The maximum atomic E-state index is 13.7. The predicted octanol–water partition coefficient (Wildman–Crippen LogP) is 5.49. The quantitative estimate of drug-likeness (QED) is 0.449. The van der Waals surface area contributed by atoms with E-state index in [0.717, 1.165) is 29.5 Å². The second-order valence-corrected chi connectivity index (χ2v) is 14.1. The number of hydrogen-bond donors (Lipinski definition) is 0. The largest absolute Gasteiger partial charge is 0.495 e. The molecule has 0 radical (unpaired) electrons. The highest BCUT2D eigenvalue weighted by Gasteiger charge is 2.43. The second kappa shape index (κ2) is 11.8. The van der Waals surface area contributed by atoms with E-state index in [9.17, 15) is 18.2 Å². The van der Waals surface area contributed by atoms with Crippen molar-refractivity contribution in [3.05, 3.63) is 52.8 Å². The zero-order chi connectivity index (χ0) is 29.5. The average Bonchev–Trinajstić information content (AvgIpc) is 3.19. The summed E-state index contributed by atoms with van der Waals surface area (Å²) in [6, 6.07) is 9.67. The summed E-state index contributed by atoms with van der Waals surface area (Å²) in [5.74, 6) is 0.0178. The molecule has 3 aliphatic rings. The molecule has 2 amide bonds. The predicted molar refractivity (Wildman–Crippen MR) is 157 cm³/mol. The Morgan fingerprint density at radius 3 is 2.22 bits per heavy atom. The van der Waals surface area contributed by atoms with Crippen molar-refractivity contribution in [1.82, 2.24) is 9.80 Å². The van der Waals surface area contributed by atoms with Crippen molar-refractivity contribution in [2.75, 3.05) is 38.2 Å². The van der Waals surface area contributed by atoms with E-state index in [1.165, 1.54) is 12.1 Å². The number of likely N-dealkylation sites (tertiary alicyclic amines) is 2. The van der Waals surface area contributed by atoms with E-state index in [4.69, 9.17) is 21.1 Å². The highest BCUT2D eigenvalue weighted by Crippen LogP contribution is 2.41. The number of hydrogen-bond acceptors (Lipinski definition) is 6. The number of piperazine rings is 1. The molecule has 41 heavy (non-hydrogen) atoms. The second-order valence-electron chi connectivity index (χ2n) is 11.9. The van der Waals surface area contributed by atoms with Crippen molar-refractivity contribution < 1.29 is 27.7 Å². The standard InChI is InChI=1S/C30H37ClFN3O5S/c1-30(2,3)40-29(37)33-13-11-22(12-14-33)41(38)23-8-10-27(39-4)26(16-23)35-20-6-7-21(35)18-34(17-20)28(36)24-9-5-19(32)15-25(24)31/h5,8-10,15-16,20-22H,6-7,11-14,17-18H2,1-4H3. The van der Waals surface area contributed by atoms with Crippen LogP contribution < -0.4 is 9.64 Å². The monoisotopic (exact) mass is 605 g/mol. The van der Waals surface area contributed by atoms with Crippen LogP contribution in [0.2, 0.25) is 5.02 Å². The van der Waals surface area contributed by atoms with Gasteiger partial charge in [0.15, 0.2) is 0 Å². The normalized spacial score (nSPS) is 22.0. The molecule has 2 aromatic carbocycles. The van der Waals surface area contributed by atoms with Crippen LogP contribution in [0.25, 0.3) is 0 Å². The van der Waals surface area contributed by atoms with Crippen molar-refractivity contribution >= 4 is 40.1 Å². The van der Waals surface area contributed by atoms with E-state index in [1.54, 1.807) is 16.9 Å². The minimum atomic E-state index is -1.26. The minimum absolute atomic E-state index is 0.0616. The maximum absolute atomic E-state index is 13.7. The Bertz CT molecular complexity index is 1330. The SMILES string of the molecule is COc1ccc(S(=O)C2CCN(C(=O)OC(C)(C)C)CC2)cc1N1C2CCC1CN(C(=O)c1ccc(F)cc1Cl)C2. The van der Waals surface area contributed by atoms with Gasteiger partial charge in [-0.05, 0) is 82.9 Å². The van der Waals surface area contributed by atoms with E-state index in [0.29, 0.717) is 50.3 Å².